The first-order valence-electron chi connectivity index (χ1n) is 6.06. The van der Waals surface area contributed by atoms with Crippen molar-refractivity contribution >= 4 is 20.0 Å². The van der Waals surface area contributed by atoms with Crippen molar-refractivity contribution in [2.24, 2.45) is 0 Å². The molecule has 18 heteroatoms. The van der Waals surface area contributed by atoms with E-state index in [2.05, 4.69) is 0 Å². The molecule has 0 saturated heterocycles. The lowest BCUT2D eigenvalue weighted by molar-refractivity contribution is -0.261. The molecule has 1 N–H and O–H groups in total. The molecule has 5 nitrogen and oxygen atoms in total. The summed E-state index contributed by atoms with van der Waals surface area (Å²) in [5.74, 6) is -15.3. The largest absolute Gasteiger partial charge is 0.418 e. The zero-order valence-corrected chi connectivity index (χ0v) is 14.2. The number of hydrogen-bond donors (Lipinski definition) is 1. The Hall–Kier alpha value is -1.69. The summed E-state index contributed by atoms with van der Waals surface area (Å²) in [7, 11) is -13.9. The molecule has 0 aliphatic carbocycles. The van der Waals surface area contributed by atoms with Crippen molar-refractivity contribution in [3.05, 3.63) is 29.1 Å². The molecule has 0 amide bonds. The number of alkyl halides is 6. The van der Waals surface area contributed by atoms with Crippen molar-refractivity contribution in [3.8, 4) is 0 Å². The molecule has 0 atom stereocenters. The van der Waals surface area contributed by atoms with Crippen molar-refractivity contribution in [3.63, 3.8) is 0 Å². The molecule has 0 bridgehead atoms. The van der Waals surface area contributed by atoms with E-state index in [1.165, 1.54) is 0 Å². The molecule has 0 saturated carbocycles. The first kappa shape index (κ1) is 24.3. The lowest BCUT2D eigenvalue weighted by Crippen LogP contribution is -2.63. The predicted octanol–water partition coefficient (Wildman–Crippen LogP) is 2.87. The van der Waals surface area contributed by atoms with Gasteiger partial charge in [0.15, 0.2) is 28.2 Å². The molecule has 1 rings (SSSR count). The van der Waals surface area contributed by atoms with Gasteiger partial charge in [-0.3, -0.25) is 0 Å². The summed E-state index contributed by atoms with van der Waals surface area (Å²) in [4.78, 5) is -3.00. The minimum Gasteiger partial charge on any atom is -0.210 e. The van der Waals surface area contributed by atoms with E-state index < -0.39 is 78.1 Å². The van der Waals surface area contributed by atoms with Crippen LogP contribution in [0.5, 0.6) is 0 Å². The Balaban J connectivity index is 3.78. The van der Waals surface area contributed by atoms with Crippen LogP contribution in [0.2, 0.25) is 0 Å². The maximum absolute atomic E-state index is 13.5. The van der Waals surface area contributed by atoms with E-state index in [-0.39, 0.29) is 4.13 Å². The highest BCUT2D eigenvalue weighted by Crippen LogP contribution is 2.48. The third-order valence-corrected chi connectivity index (χ3v) is 7.47. The van der Waals surface area contributed by atoms with Gasteiger partial charge in [0, 0.05) is 0 Å². The van der Waals surface area contributed by atoms with E-state index in [4.69, 9.17) is 0 Å². The van der Waals surface area contributed by atoms with Gasteiger partial charge in [-0.15, -0.1) is 4.13 Å². The molecule has 1 aromatic carbocycles. The van der Waals surface area contributed by atoms with Crippen LogP contribution in [0.3, 0.4) is 0 Å². The van der Waals surface area contributed by atoms with Gasteiger partial charge in [0.2, 0.25) is 15.8 Å². The van der Waals surface area contributed by atoms with Gasteiger partial charge in [0.25, 0.3) is 14.8 Å². The molecule has 0 aliphatic rings. The van der Waals surface area contributed by atoms with E-state index in [1.807, 2.05) is 0 Å². The van der Waals surface area contributed by atoms with Gasteiger partial charge in [0.1, 0.15) is 0 Å². The Bertz CT molecular complexity index is 968. The molecule has 162 valence electrons. The zero-order valence-electron chi connectivity index (χ0n) is 12.6. The number of nitrogens with one attached hydrogen (secondary N) is 1. The SMILES string of the molecule is CC(C(F)(F)F)(C(F)(F)F)S(=O)(=O)NS(=O)(=O)c1c(F)c(F)c(F)c(F)c1F. The second-order valence-electron chi connectivity index (χ2n) is 5.02. The van der Waals surface area contributed by atoms with Gasteiger partial charge in [-0.2, -0.15) is 26.3 Å². The molecule has 0 heterocycles. The average molecular weight is 475 g/mol. The minimum absolute atomic E-state index is 0.273. The second-order valence-corrected chi connectivity index (χ2v) is 8.92. The number of rotatable bonds is 4. The van der Waals surface area contributed by atoms with Crippen LogP contribution in [-0.4, -0.2) is 33.9 Å². The van der Waals surface area contributed by atoms with Crippen molar-refractivity contribution in [2.75, 3.05) is 0 Å². The number of hydrogen-bond acceptors (Lipinski definition) is 4. The quantitative estimate of drug-likeness (QED) is 0.413. The molecular weight excluding hydrogens is 471 g/mol. The molecule has 0 fully saturated rings. The van der Waals surface area contributed by atoms with Crippen LogP contribution < -0.4 is 4.13 Å². The van der Waals surface area contributed by atoms with Gasteiger partial charge in [-0.05, 0) is 6.92 Å². The fourth-order valence-electron chi connectivity index (χ4n) is 1.56. The Morgan fingerprint density at radius 2 is 0.929 bits per heavy atom. The van der Waals surface area contributed by atoms with E-state index >= 15 is 0 Å². The lowest BCUT2D eigenvalue weighted by atomic mass is 10.1. The number of benzene rings is 1. The fourth-order valence-corrected chi connectivity index (χ4v) is 4.97. The van der Waals surface area contributed by atoms with Crippen LogP contribution in [0.25, 0.3) is 0 Å². The van der Waals surface area contributed by atoms with Gasteiger partial charge in [-0.25, -0.2) is 38.8 Å². The van der Waals surface area contributed by atoms with Crippen molar-refractivity contribution in [2.45, 2.75) is 28.9 Å². The third-order valence-electron chi connectivity index (χ3n) is 3.28. The average Bonchev–Trinajstić information content (AvgIpc) is 2.46. The van der Waals surface area contributed by atoms with E-state index in [9.17, 15) is 65.1 Å². The summed E-state index contributed by atoms with van der Waals surface area (Å²) >= 11 is 0. The van der Waals surface area contributed by atoms with Gasteiger partial charge < -0.3 is 0 Å². The van der Waals surface area contributed by atoms with Crippen molar-refractivity contribution in [1.82, 2.24) is 4.13 Å². The monoisotopic (exact) mass is 475 g/mol. The van der Waals surface area contributed by atoms with E-state index in [1.54, 1.807) is 0 Å². The highest BCUT2D eigenvalue weighted by Gasteiger charge is 2.76. The minimum atomic E-state index is -7.17. The lowest BCUT2D eigenvalue weighted by Gasteiger charge is -2.32. The molecule has 0 radical (unpaired) electrons. The summed E-state index contributed by atoms with van der Waals surface area (Å²) in [5, 5.41) is 0. The van der Waals surface area contributed by atoms with Crippen molar-refractivity contribution < 1.29 is 65.1 Å². The van der Waals surface area contributed by atoms with Gasteiger partial charge >= 0.3 is 12.4 Å². The van der Waals surface area contributed by atoms with Crippen LogP contribution in [0.15, 0.2) is 4.90 Å². The molecule has 0 spiro atoms. The summed E-state index contributed by atoms with van der Waals surface area (Å²) in [6.45, 7) is -1.02. The highest BCUT2D eigenvalue weighted by atomic mass is 32.3. The molecule has 0 aliphatic heterocycles. The third kappa shape index (κ3) is 3.51. The Kier molecular flexibility index (Phi) is 5.81. The Labute approximate surface area is 148 Å². The Morgan fingerprint density at radius 3 is 1.21 bits per heavy atom. The molecule has 0 unspecified atom stereocenters. The normalized spacial score (nSPS) is 14.4. The van der Waals surface area contributed by atoms with Crippen LogP contribution in [0.1, 0.15) is 6.92 Å². The van der Waals surface area contributed by atoms with Crippen LogP contribution >= 0.6 is 0 Å². The standard InChI is InChI=1S/C10H4F11NO4S2/c1-8(9(16,17)18,10(19,20)21)28(25,26)22-27(23,24)7-5(14)3(12)2(11)4(13)6(7)15/h22H,1H3. The van der Waals surface area contributed by atoms with E-state index in [0.717, 1.165) is 0 Å². The summed E-state index contributed by atoms with van der Waals surface area (Å²) in [5.41, 5.74) is 0. The van der Waals surface area contributed by atoms with Crippen molar-refractivity contribution in [1.29, 1.82) is 0 Å². The number of sulfonamides is 2. The molecular formula is C10H4F11NO4S2. The first-order chi connectivity index (χ1) is 12.1. The maximum atomic E-state index is 13.5. The topological polar surface area (TPSA) is 80.3 Å². The Morgan fingerprint density at radius 1 is 0.643 bits per heavy atom. The summed E-state index contributed by atoms with van der Waals surface area (Å²) < 4.78 is 183. The smallest absolute Gasteiger partial charge is 0.210 e. The summed E-state index contributed by atoms with van der Waals surface area (Å²) in [6.07, 6.45) is -13.4. The van der Waals surface area contributed by atoms with Gasteiger partial charge in [0.05, 0.1) is 0 Å². The van der Waals surface area contributed by atoms with Crippen LogP contribution in [0, 0.1) is 29.1 Å². The number of halogens is 11. The molecule has 28 heavy (non-hydrogen) atoms. The molecule has 1 aromatic rings. The molecule has 0 aromatic heterocycles. The highest BCUT2D eigenvalue weighted by molar-refractivity contribution is 8.05. The van der Waals surface area contributed by atoms with E-state index in [0.29, 0.717) is 0 Å². The predicted molar refractivity (Wildman–Crippen MR) is 66.0 cm³/mol. The second kappa shape index (κ2) is 6.68. The van der Waals surface area contributed by atoms with Gasteiger partial charge in [-0.1, -0.05) is 0 Å². The van der Waals surface area contributed by atoms with Crippen LogP contribution in [0.4, 0.5) is 48.3 Å². The first-order valence-corrected chi connectivity index (χ1v) is 9.03. The zero-order chi connectivity index (χ0) is 22.7. The summed E-state index contributed by atoms with van der Waals surface area (Å²) in [6, 6.07) is 0. The fraction of sp³-hybridized carbons (Fsp3) is 0.400. The maximum Gasteiger partial charge on any atom is 0.418 e. The van der Waals surface area contributed by atoms with Crippen LogP contribution in [-0.2, 0) is 20.0 Å².